The molecule has 10 nitrogen and oxygen atoms in total. The topological polar surface area (TPSA) is 126 Å². The zero-order valence-electron chi connectivity index (χ0n) is 14.1. The van der Waals surface area contributed by atoms with Crippen molar-refractivity contribution >= 4 is 46.8 Å². The fourth-order valence-electron chi connectivity index (χ4n) is 2.37. The lowest BCUT2D eigenvalue weighted by Gasteiger charge is -2.44. The zero-order chi connectivity index (χ0) is 19.1. The predicted octanol–water partition coefficient (Wildman–Crippen LogP) is 0.00910. The molecule has 142 valence electrons. The number of amides is 1. The van der Waals surface area contributed by atoms with Gasteiger partial charge in [-0.3, -0.25) is 22.2 Å². The standard InChI is InChI=1S/C14H20INO9/c1-6(17)16-11-13(23-9(4)20)12(22-8(3)19)10(5-21-7(2)18)24-14(11)25-15/h10-14H,5H2,1-4H3,(H,16,17)/t10-,11-,12+,13-,14+/m1/s1. The molecular formula is C14H20INO9. The summed E-state index contributed by atoms with van der Waals surface area (Å²) in [5.41, 5.74) is 0. The molecule has 0 radical (unpaired) electrons. The van der Waals surface area contributed by atoms with Gasteiger partial charge in [0.25, 0.3) is 0 Å². The van der Waals surface area contributed by atoms with E-state index in [2.05, 4.69) is 5.32 Å². The van der Waals surface area contributed by atoms with Gasteiger partial charge in [-0.1, -0.05) is 0 Å². The van der Waals surface area contributed by atoms with Gasteiger partial charge in [0.1, 0.15) is 41.8 Å². The monoisotopic (exact) mass is 473 g/mol. The number of hydrogen-bond acceptors (Lipinski definition) is 9. The van der Waals surface area contributed by atoms with E-state index in [4.69, 9.17) is 22.0 Å². The molecule has 1 aliphatic heterocycles. The van der Waals surface area contributed by atoms with Crippen molar-refractivity contribution in [1.29, 1.82) is 0 Å². The van der Waals surface area contributed by atoms with E-state index in [9.17, 15) is 19.2 Å². The second-order valence-corrected chi connectivity index (χ2v) is 5.82. The smallest absolute Gasteiger partial charge is 0.303 e. The van der Waals surface area contributed by atoms with Crippen molar-refractivity contribution in [3.63, 3.8) is 0 Å². The summed E-state index contributed by atoms with van der Waals surface area (Å²) in [6, 6.07) is -0.934. The highest BCUT2D eigenvalue weighted by Gasteiger charge is 2.51. The van der Waals surface area contributed by atoms with E-state index in [1.165, 1.54) is 27.7 Å². The van der Waals surface area contributed by atoms with Crippen molar-refractivity contribution < 1.29 is 41.2 Å². The Hall–Kier alpha value is -1.47. The van der Waals surface area contributed by atoms with Crippen LogP contribution in [0.15, 0.2) is 0 Å². The molecule has 5 atom stereocenters. The van der Waals surface area contributed by atoms with Crippen molar-refractivity contribution in [2.45, 2.75) is 58.3 Å². The first-order valence-corrected chi connectivity index (χ1v) is 8.21. The number of nitrogens with one attached hydrogen (secondary N) is 1. The minimum Gasteiger partial charge on any atom is -0.463 e. The number of carbonyl (C=O) groups is 4. The molecule has 0 bridgehead atoms. The zero-order valence-corrected chi connectivity index (χ0v) is 16.3. The summed E-state index contributed by atoms with van der Waals surface area (Å²) in [6.45, 7) is 4.56. The van der Waals surface area contributed by atoms with Crippen LogP contribution in [0.4, 0.5) is 0 Å². The van der Waals surface area contributed by atoms with Crippen LogP contribution in [0.1, 0.15) is 27.7 Å². The molecule has 0 saturated carbocycles. The number of halogens is 1. The van der Waals surface area contributed by atoms with Crippen molar-refractivity contribution in [1.82, 2.24) is 5.32 Å². The van der Waals surface area contributed by atoms with Crippen molar-refractivity contribution in [3.05, 3.63) is 0 Å². The summed E-state index contributed by atoms with van der Waals surface area (Å²) in [5, 5.41) is 2.56. The number of ether oxygens (including phenoxy) is 4. The second-order valence-electron chi connectivity index (χ2n) is 5.31. The second kappa shape index (κ2) is 9.87. The number of rotatable bonds is 6. The van der Waals surface area contributed by atoms with E-state index < -0.39 is 54.5 Å². The Morgan fingerprint density at radius 2 is 1.52 bits per heavy atom. The van der Waals surface area contributed by atoms with Gasteiger partial charge >= 0.3 is 17.9 Å². The lowest BCUT2D eigenvalue weighted by molar-refractivity contribution is -0.250. The lowest BCUT2D eigenvalue weighted by atomic mass is 9.96. The highest BCUT2D eigenvalue weighted by atomic mass is 127. The van der Waals surface area contributed by atoms with Crippen LogP contribution in [0.25, 0.3) is 0 Å². The van der Waals surface area contributed by atoms with Gasteiger partial charge in [-0.25, -0.2) is 0 Å². The average Bonchev–Trinajstić information content (AvgIpc) is 2.48. The fraction of sp³-hybridized carbons (Fsp3) is 0.714. The van der Waals surface area contributed by atoms with E-state index >= 15 is 0 Å². The number of hydrogen-bond donors (Lipinski definition) is 1. The Balaban J connectivity index is 3.18. The molecule has 1 fully saturated rings. The molecule has 1 rings (SSSR count). The SMILES string of the molecule is CC(=O)N[C@H]1[C@H](OI)O[C@H](COC(C)=O)[C@H](OC(C)=O)[C@@H]1OC(C)=O. The van der Waals surface area contributed by atoms with E-state index in [1.807, 2.05) is 0 Å². The quantitative estimate of drug-likeness (QED) is 0.323. The first-order chi connectivity index (χ1) is 11.6. The number of esters is 3. The summed E-state index contributed by atoms with van der Waals surface area (Å²) in [5.74, 6) is -2.30. The largest absolute Gasteiger partial charge is 0.463 e. The molecule has 1 saturated heterocycles. The molecule has 1 amide bonds. The highest BCUT2D eigenvalue weighted by Crippen LogP contribution is 2.28. The molecule has 25 heavy (non-hydrogen) atoms. The van der Waals surface area contributed by atoms with Crippen molar-refractivity contribution in [2.75, 3.05) is 6.61 Å². The Bertz CT molecular complexity index is 526. The van der Waals surface area contributed by atoms with Gasteiger partial charge < -0.3 is 24.3 Å². The predicted molar refractivity (Wildman–Crippen MR) is 89.1 cm³/mol. The van der Waals surface area contributed by atoms with Crippen LogP contribution < -0.4 is 5.32 Å². The van der Waals surface area contributed by atoms with Crippen LogP contribution in [-0.2, 0) is 41.2 Å². The van der Waals surface area contributed by atoms with E-state index in [-0.39, 0.29) is 6.61 Å². The molecular weight excluding hydrogens is 453 g/mol. The van der Waals surface area contributed by atoms with Crippen LogP contribution in [0.2, 0.25) is 0 Å². The van der Waals surface area contributed by atoms with Gasteiger partial charge in [-0.15, -0.1) is 0 Å². The Labute approximate surface area is 158 Å². The molecule has 0 aromatic carbocycles. The van der Waals surface area contributed by atoms with Crippen LogP contribution in [0.3, 0.4) is 0 Å². The normalized spacial score (nSPS) is 28.6. The molecule has 0 aliphatic carbocycles. The molecule has 1 heterocycles. The van der Waals surface area contributed by atoms with Crippen LogP contribution in [0.5, 0.6) is 0 Å². The molecule has 1 N–H and O–H groups in total. The molecule has 0 aromatic rings. The third-order valence-corrected chi connectivity index (χ3v) is 3.66. The van der Waals surface area contributed by atoms with Gasteiger partial charge in [0, 0.05) is 27.7 Å². The maximum Gasteiger partial charge on any atom is 0.303 e. The molecule has 0 aromatic heterocycles. The lowest BCUT2D eigenvalue weighted by Crippen LogP contribution is -2.66. The van der Waals surface area contributed by atoms with Crippen LogP contribution >= 0.6 is 23.0 Å². The first-order valence-electron chi connectivity index (χ1n) is 7.33. The van der Waals surface area contributed by atoms with Crippen LogP contribution in [0, 0.1) is 0 Å². The Morgan fingerprint density at radius 3 is 1.96 bits per heavy atom. The third-order valence-electron chi connectivity index (χ3n) is 3.16. The maximum atomic E-state index is 11.5. The molecule has 0 unspecified atom stereocenters. The fourth-order valence-corrected chi connectivity index (χ4v) is 2.80. The number of carbonyl (C=O) groups excluding carboxylic acids is 4. The Morgan fingerprint density at radius 1 is 0.960 bits per heavy atom. The van der Waals surface area contributed by atoms with Crippen molar-refractivity contribution in [3.8, 4) is 0 Å². The van der Waals surface area contributed by atoms with Gasteiger partial charge in [0.2, 0.25) is 5.91 Å². The Kier molecular flexibility index (Phi) is 8.52. The van der Waals surface area contributed by atoms with E-state index in [0.29, 0.717) is 0 Å². The van der Waals surface area contributed by atoms with Crippen LogP contribution in [-0.4, -0.2) is 61.1 Å². The van der Waals surface area contributed by atoms with Gasteiger partial charge in [-0.05, 0) is 0 Å². The summed E-state index contributed by atoms with van der Waals surface area (Å²) < 4.78 is 26.2. The van der Waals surface area contributed by atoms with Gasteiger partial charge in [0.15, 0.2) is 18.5 Å². The third kappa shape index (κ3) is 6.74. The minimum absolute atomic E-state index is 0.256. The summed E-state index contributed by atoms with van der Waals surface area (Å²) in [7, 11) is 0. The molecule has 0 spiro atoms. The van der Waals surface area contributed by atoms with Gasteiger partial charge in [0.05, 0.1) is 0 Å². The minimum atomic E-state index is -1.11. The summed E-state index contributed by atoms with van der Waals surface area (Å²) in [4.78, 5) is 45.5. The van der Waals surface area contributed by atoms with E-state index in [1.54, 1.807) is 23.0 Å². The molecule has 11 heteroatoms. The summed E-state index contributed by atoms with van der Waals surface area (Å²) >= 11 is 1.56. The van der Waals surface area contributed by atoms with E-state index in [0.717, 1.165) is 0 Å². The van der Waals surface area contributed by atoms with Gasteiger partial charge in [-0.2, -0.15) is 0 Å². The highest BCUT2D eigenvalue weighted by molar-refractivity contribution is 14.1. The maximum absolute atomic E-state index is 11.5. The molecule has 1 aliphatic rings. The first kappa shape index (κ1) is 21.6. The van der Waals surface area contributed by atoms with Crippen molar-refractivity contribution in [2.24, 2.45) is 0 Å². The summed E-state index contributed by atoms with van der Waals surface area (Å²) in [6.07, 6.45) is -4.19. The average molecular weight is 473 g/mol.